The van der Waals surface area contributed by atoms with Crippen LogP contribution in [-0.2, 0) is 0 Å². The average molecular weight is 246 g/mol. The van der Waals surface area contributed by atoms with Gasteiger partial charge in [0.1, 0.15) is 17.4 Å². The Morgan fingerprint density at radius 3 is 3.00 bits per heavy atom. The highest BCUT2D eigenvalue weighted by Gasteiger charge is 2.15. The summed E-state index contributed by atoms with van der Waals surface area (Å²) in [7, 11) is 0. The van der Waals surface area contributed by atoms with E-state index in [4.69, 9.17) is 27.9 Å². The molecule has 15 heavy (non-hydrogen) atoms. The third-order valence-corrected chi connectivity index (χ3v) is 3.32. The molecule has 1 saturated heterocycles. The SMILES string of the molecule is Clc1cccc(OC[C@@H]2CCCN2)c1Cl. The molecular formula is C11H13Cl2NO. The average Bonchev–Trinajstić information content (AvgIpc) is 2.73. The molecular weight excluding hydrogens is 233 g/mol. The summed E-state index contributed by atoms with van der Waals surface area (Å²) in [5.41, 5.74) is 0. The van der Waals surface area contributed by atoms with E-state index in [0.29, 0.717) is 28.4 Å². The van der Waals surface area contributed by atoms with Crippen LogP contribution in [0.25, 0.3) is 0 Å². The number of rotatable bonds is 3. The minimum Gasteiger partial charge on any atom is -0.490 e. The standard InChI is InChI=1S/C11H13Cl2NO/c12-9-4-1-5-10(11(9)13)15-7-8-3-2-6-14-8/h1,4-5,8,14H,2-3,6-7H2/t8-/m0/s1. The summed E-state index contributed by atoms with van der Waals surface area (Å²) < 4.78 is 5.62. The van der Waals surface area contributed by atoms with Crippen LogP contribution >= 0.6 is 23.2 Å². The van der Waals surface area contributed by atoms with Crippen molar-refractivity contribution in [2.24, 2.45) is 0 Å². The first kappa shape index (κ1) is 11.1. The van der Waals surface area contributed by atoms with E-state index in [1.54, 1.807) is 6.07 Å². The Morgan fingerprint density at radius 2 is 2.27 bits per heavy atom. The van der Waals surface area contributed by atoms with Crippen LogP contribution in [-0.4, -0.2) is 19.2 Å². The highest BCUT2D eigenvalue weighted by Crippen LogP contribution is 2.31. The molecule has 1 aliphatic heterocycles. The lowest BCUT2D eigenvalue weighted by atomic mass is 10.2. The Kier molecular flexibility index (Phi) is 3.73. The second-order valence-corrected chi connectivity index (χ2v) is 4.44. The lowest BCUT2D eigenvalue weighted by Gasteiger charge is -2.13. The topological polar surface area (TPSA) is 21.3 Å². The van der Waals surface area contributed by atoms with E-state index in [9.17, 15) is 0 Å². The van der Waals surface area contributed by atoms with Crippen LogP contribution in [0.4, 0.5) is 0 Å². The summed E-state index contributed by atoms with van der Waals surface area (Å²) in [6.07, 6.45) is 2.38. The van der Waals surface area contributed by atoms with Crippen LogP contribution in [0, 0.1) is 0 Å². The van der Waals surface area contributed by atoms with Crippen molar-refractivity contribution in [3.8, 4) is 5.75 Å². The molecule has 0 aliphatic carbocycles. The monoisotopic (exact) mass is 245 g/mol. The molecule has 1 fully saturated rings. The van der Waals surface area contributed by atoms with Gasteiger partial charge in [-0.05, 0) is 31.5 Å². The zero-order chi connectivity index (χ0) is 10.7. The summed E-state index contributed by atoms with van der Waals surface area (Å²) in [6.45, 7) is 1.73. The highest BCUT2D eigenvalue weighted by molar-refractivity contribution is 6.42. The maximum absolute atomic E-state index is 6.00. The molecule has 0 amide bonds. The molecule has 1 heterocycles. The molecule has 1 aromatic carbocycles. The van der Waals surface area contributed by atoms with Gasteiger partial charge in [-0.2, -0.15) is 0 Å². The van der Waals surface area contributed by atoms with E-state index in [0.717, 1.165) is 13.0 Å². The number of hydrogen-bond acceptors (Lipinski definition) is 2. The van der Waals surface area contributed by atoms with Gasteiger partial charge in [0.2, 0.25) is 0 Å². The van der Waals surface area contributed by atoms with Crippen molar-refractivity contribution in [1.82, 2.24) is 5.32 Å². The molecule has 1 atom stereocenters. The van der Waals surface area contributed by atoms with Crippen molar-refractivity contribution in [3.63, 3.8) is 0 Å². The zero-order valence-corrected chi connectivity index (χ0v) is 9.81. The first-order valence-corrected chi connectivity index (χ1v) is 5.83. The van der Waals surface area contributed by atoms with Gasteiger partial charge < -0.3 is 10.1 Å². The molecule has 0 spiro atoms. The molecule has 2 rings (SSSR count). The molecule has 0 radical (unpaired) electrons. The molecule has 1 N–H and O–H groups in total. The Labute approximate surface area is 99.5 Å². The van der Waals surface area contributed by atoms with Crippen LogP contribution in [0.5, 0.6) is 5.75 Å². The van der Waals surface area contributed by atoms with E-state index in [-0.39, 0.29) is 0 Å². The first-order chi connectivity index (χ1) is 7.27. The van der Waals surface area contributed by atoms with Crippen molar-refractivity contribution in [3.05, 3.63) is 28.2 Å². The molecule has 1 aliphatic rings. The van der Waals surface area contributed by atoms with Crippen molar-refractivity contribution < 1.29 is 4.74 Å². The summed E-state index contributed by atoms with van der Waals surface area (Å²) in [4.78, 5) is 0. The van der Waals surface area contributed by atoms with Gasteiger partial charge in [-0.15, -0.1) is 0 Å². The van der Waals surface area contributed by atoms with Gasteiger partial charge in [0, 0.05) is 6.04 Å². The maximum Gasteiger partial charge on any atom is 0.139 e. The second kappa shape index (κ2) is 5.06. The van der Waals surface area contributed by atoms with Crippen LogP contribution in [0.2, 0.25) is 10.0 Å². The molecule has 0 unspecified atom stereocenters. The zero-order valence-electron chi connectivity index (χ0n) is 8.30. The lowest BCUT2D eigenvalue weighted by Crippen LogP contribution is -2.28. The van der Waals surface area contributed by atoms with Crippen molar-refractivity contribution in [1.29, 1.82) is 0 Å². The predicted molar refractivity (Wildman–Crippen MR) is 63.0 cm³/mol. The molecule has 0 aromatic heterocycles. The summed E-state index contributed by atoms with van der Waals surface area (Å²) >= 11 is 11.9. The second-order valence-electron chi connectivity index (χ2n) is 3.66. The summed E-state index contributed by atoms with van der Waals surface area (Å²) in [5.74, 6) is 0.665. The molecule has 1 aromatic rings. The third kappa shape index (κ3) is 2.77. The quantitative estimate of drug-likeness (QED) is 0.884. The van der Waals surface area contributed by atoms with Crippen LogP contribution in [0.1, 0.15) is 12.8 Å². The Hall–Kier alpha value is -0.440. The number of benzene rings is 1. The minimum atomic E-state index is 0.444. The van der Waals surface area contributed by atoms with E-state index in [2.05, 4.69) is 5.32 Å². The van der Waals surface area contributed by atoms with Crippen molar-refractivity contribution in [2.45, 2.75) is 18.9 Å². The predicted octanol–water partition coefficient (Wildman–Crippen LogP) is 3.12. The molecule has 0 saturated carbocycles. The third-order valence-electron chi connectivity index (χ3n) is 2.52. The van der Waals surface area contributed by atoms with Crippen LogP contribution in [0.15, 0.2) is 18.2 Å². The van der Waals surface area contributed by atoms with Gasteiger partial charge >= 0.3 is 0 Å². The van der Waals surface area contributed by atoms with Crippen molar-refractivity contribution >= 4 is 23.2 Å². The number of nitrogens with one attached hydrogen (secondary N) is 1. The Balaban J connectivity index is 1.95. The highest BCUT2D eigenvalue weighted by atomic mass is 35.5. The van der Waals surface area contributed by atoms with E-state index in [1.807, 2.05) is 12.1 Å². The molecule has 4 heteroatoms. The van der Waals surface area contributed by atoms with Gasteiger partial charge in [0.25, 0.3) is 0 Å². The van der Waals surface area contributed by atoms with Gasteiger partial charge in [-0.25, -0.2) is 0 Å². The fourth-order valence-electron chi connectivity index (χ4n) is 1.68. The van der Waals surface area contributed by atoms with Gasteiger partial charge in [0.05, 0.1) is 5.02 Å². The fourth-order valence-corrected chi connectivity index (χ4v) is 2.03. The Morgan fingerprint density at radius 1 is 1.40 bits per heavy atom. The number of halogens is 2. The fraction of sp³-hybridized carbons (Fsp3) is 0.455. The Bertz CT molecular complexity index is 337. The molecule has 0 bridgehead atoms. The summed E-state index contributed by atoms with van der Waals surface area (Å²) in [5, 5.41) is 4.39. The first-order valence-electron chi connectivity index (χ1n) is 5.07. The smallest absolute Gasteiger partial charge is 0.139 e. The lowest BCUT2D eigenvalue weighted by molar-refractivity contribution is 0.277. The molecule has 2 nitrogen and oxygen atoms in total. The number of ether oxygens (including phenoxy) is 1. The molecule has 82 valence electrons. The minimum absolute atomic E-state index is 0.444. The van der Waals surface area contributed by atoms with E-state index >= 15 is 0 Å². The van der Waals surface area contributed by atoms with E-state index < -0.39 is 0 Å². The normalized spacial score (nSPS) is 20.5. The van der Waals surface area contributed by atoms with E-state index in [1.165, 1.54) is 6.42 Å². The van der Waals surface area contributed by atoms with Gasteiger partial charge in [0.15, 0.2) is 0 Å². The summed E-state index contributed by atoms with van der Waals surface area (Å²) in [6, 6.07) is 5.87. The maximum atomic E-state index is 6.00. The largest absolute Gasteiger partial charge is 0.490 e. The van der Waals surface area contributed by atoms with Crippen LogP contribution in [0.3, 0.4) is 0 Å². The number of hydrogen-bond donors (Lipinski definition) is 1. The van der Waals surface area contributed by atoms with Gasteiger partial charge in [-0.1, -0.05) is 29.3 Å². The van der Waals surface area contributed by atoms with Gasteiger partial charge in [-0.3, -0.25) is 0 Å². The van der Waals surface area contributed by atoms with Crippen LogP contribution < -0.4 is 10.1 Å². The van der Waals surface area contributed by atoms with Crippen molar-refractivity contribution in [2.75, 3.05) is 13.2 Å².